The Morgan fingerprint density at radius 3 is 2.46 bits per heavy atom. The van der Waals surface area contributed by atoms with Gasteiger partial charge in [0.15, 0.2) is 0 Å². The number of piperazine rings is 1. The minimum atomic E-state index is -1.01. The molecular formula is C17H18N2O5. The zero-order valence-electron chi connectivity index (χ0n) is 13.0. The van der Waals surface area contributed by atoms with E-state index in [4.69, 9.17) is 0 Å². The molecule has 3 fully saturated rings. The number of fused-ring (bicyclic) bond motifs is 2. The molecule has 4 atom stereocenters. The predicted octanol–water partition coefficient (Wildman–Crippen LogP) is 0.740. The molecule has 1 aromatic carbocycles. The average molecular weight is 330 g/mol. The van der Waals surface area contributed by atoms with Crippen LogP contribution in [0.15, 0.2) is 24.3 Å². The van der Waals surface area contributed by atoms with Crippen LogP contribution in [0.5, 0.6) is 5.75 Å². The van der Waals surface area contributed by atoms with Crippen molar-refractivity contribution in [3.8, 4) is 5.75 Å². The maximum Gasteiger partial charge on any atom is 0.309 e. The van der Waals surface area contributed by atoms with E-state index in [1.807, 2.05) is 0 Å². The standard InChI is InChI=1S/C17H18N2O5/c20-10-5-3-9(4-6-10)14-11(17(23)24)8-13-15(21)18-7-1-2-12(18)16(22)19(13)14/h3-6,11-14,20H,1-2,7-8H2,(H,23,24)/t11-,12+,13-,14-/m1/s1. The number of carbonyl (C=O) groups excluding carboxylic acids is 2. The van der Waals surface area contributed by atoms with E-state index in [9.17, 15) is 24.6 Å². The summed E-state index contributed by atoms with van der Waals surface area (Å²) in [5.41, 5.74) is 0.635. The Labute approximate surface area is 138 Å². The summed E-state index contributed by atoms with van der Waals surface area (Å²) in [5.74, 6) is -2.05. The third-order valence-electron chi connectivity index (χ3n) is 5.41. The van der Waals surface area contributed by atoms with Gasteiger partial charge in [0.1, 0.15) is 17.8 Å². The Morgan fingerprint density at radius 1 is 1.08 bits per heavy atom. The van der Waals surface area contributed by atoms with Gasteiger partial charge in [-0.05, 0) is 37.0 Å². The molecule has 2 N–H and O–H groups in total. The molecule has 0 aromatic heterocycles. The number of phenolic OH excluding ortho intramolecular Hbond substituents is 1. The highest BCUT2D eigenvalue weighted by Gasteiger charge is 2.57. The molecule has 3 heterocycles. The summed E-state index contributed by atoms with van der Waals surface area (Å²) in [5, 5.41) is 19.1. The molecule has 3 saturated heterocycles. The Morgan fingerprint density at radius 2 is 1.79 bits per heavy atom. The Balaban J connectivity index is 1.78. The van der Waals surface area contributed by atoms with Crippen molar-refractivity contribution in [1.29, 1.82) is 0 Å². The quantitative estimate of drug-likeness (QED) is 0.833. The van der Waals surface area contributed by atoms with Gasteiger partial charge in [-0.1, -0.05) is 12.1 Å². The van der Waals surface area contributed by atoms with E-state index in [0.29, 0.717) is 18.5 Å². The molecule has 24 heavy (non-hydrogen) atoms. The molecule has 7 heteroatoms. The van der Waals surface area contributed by atoms with Crippen LogP contribution in [0.2, 0.25) is 0 Å². The first-order valence-corrected chi connectivity index (χ1v) is 8.13. The van der Waals surface area contributed by atoms with Gasteiger partial charge in [-0.25, -0.2) is 0 Å². The van der Waals surface area contributed by atoms with Gasteiger partial charge in [0.25, 0.3) is 0 Å². The van der Waals surface area contributed by atoms with Crippen molar-refractivity contribution in [3.63, 3.8) is 0 Å². The highest BCUT2D eigenvalue weighted by atomic mass is 16.4. The van der Waals surface area contributed by atoms with Crippen LogP contribution >= 0.6 is 0 Å². The number of carboxylic acids is 1. The van der Waals surface area contributed by atoms with Crippen LogP contribution in [0.1, 0.15) is 30.9 Å². The van der Waals surface area contributed by atoms with Gasteiger partial charge >= 0.3 is 5.97 Å². The average Bonchev–Trinajstić information content (AvgIpc) is 3.19. The fraction of sp³-hybridized carbons (Fsp3) is 0.471. The summed E-state index contributed by atoms with van der Waals surface area (Å²) >= 11 is 0. The number of rotatable bonds is 2. The molecule has 3 aliphatic rings. The molecular weight excluding hydrogens is 312 g/mol. The van der Waals surface area contributed by atoms with E-state index in [1.165, 1.54) is 17.0 Å². The first-order chi connectivity index (χ1) is 11.5. The lowest BCUT2D eigenvalue weighted by Crippen LogP contribution is -2.60. The predicted molar refractivity (Wildman–Crippen MR) is 82.0 cm³/mol. The van der Waals surface area contributed by atoms with Crippen LogP contribution in [-0.4, -0.2) is 56.4 Å². The molecule has 0 radical (unpaired) electrons. The van der Waals surface area contributed by atoms with Crippen LogP contribution in [-0.2, 0) is 14.4 Å². The molecule has 1 aromatic rings. The largest absolute Gasteiger partial charge is 0.508 e. The maximum atomic E-state index is 12.9. The summed E-state index contributed by atoms with van der Waals surface area (Å²) in [6.07, 6.45) is 1.57. The van der Waals surface area contributed by atoms with Gasteiger partial charge in [0, 0.05) is 6.54 Å². The Hall–Kier alpha value is -2.57. The minimum absolute atomic E-state index is 0.0724. The number of nitrogens with zero attached hydrogens (tertiary/aromatic N) is 2. The Kier molecular flexibility index (Phi) is 3.26. The van der Waals surface area contributed by atoms with Gasteiger partial charge in [-0.3, -0.25) is 14.4 Å². The molecule has 126 valence electrons. The van der Waals surface area contributed by atoms with E-state index in [-0.39, 0.29) is 24.0 Å². The second kappa shape index (κ2) is 5.22. The number of aromatic hydroxyl groups is 1. The fourth-order valence-electron chi connectivity index (χ4n) is 4.33. The number of hydrogen-bond acceptors (Lipinski definition) is 4. The summed E-state index contributed by atoms with van der Waals surface area (Å²) in [6.45, 7) is 0.571. The van der Waals surface area contributed by atoms with Crippen molar-refractivity contribution in [3.05, 3.63) is 29.8 Å². The summed E-state index contributed by atoms with van der Waals surface area (Å²) in [6, 6.07) is 4.35. The second-order valence-corrected chi connectivity index (χ2v) is 6.67. The third-order valence-corrected chi connectivity index (χ3v) is 5.41. The lowest BCUT2D eigenvalue weighted by Gasteiger charge is -2.41. The van der Waals surface area contributed by atoms with Gasteiger partial charge in [0.2, 0.25) is 11.8 Å². The smallest absolute Gasteiger partial charge is 0.309 e. The fourth-order valence-corrected chi connectivity index (χ4v) is 4.33. The van der Waals surface area contributed by atoms with E-state index < -0.39 is 30.0 Å². The van der Waals surface area contributed by atoms with Crippen LogP contribution < -0.4 is 0 Å². The summed E-state index contributed by atoms with van der Waals surface area (Å²) in [7, 11) is 0. The maximum absolute atomic E-state index is 12.9. The number of aliphatic carboxylic acids is 1. The van der Waals surface area contributed by atoms with Crippen molar-refractivity contribution in [2.45, 2.75) is 37.4 Å². The van der Waals surface area contributed by atoms with E-state index >= 15 is 0 Å². The zero-order valence-corrected chi connectivity index (χ0v) is 13.0. The molecule has 0 unspecified atom stereocenters. The monoisotopic (exact) mass is 330 g/mol. The van der Waals surface area contributed by atoms with Gasteiger partial charge in [-0.2, -0.15) is 0 Å². The van der Waals surface area contributed by atoms with Gasteiger partial charge < -0.3 is 20.0 Å². The summed E-state index contributed by atoms with van der Waals surface area (Å²) in [4.78, 5) is 40.5. The SMILES string of the molecule is O=C(O)[C@@H]1C[C@@H]2C(=O)N3CCC[C@H]3C(=O)N2[C@@H]1c1ccc(O)cc1. The molecule has 4 rings (SSSR count). The van der Waals surface area contributed by atoms with Crippen molar-refractivity contribution < 1.29 is 24.6 Å². The molecule has 0 spiro atoms. The van der Waals surface area contributed by atoms with E-state index in [1.54, 1.807) is 17.0 Å². The van der Waals surface area contributed by atoms with Crippen molar-refractivity contribution in [1.82, 2.24) is 9.80 Å². The lowest BCUT2D eigenvalue weighted by molar-refractivity contribution is -0.159. The normalized spacial score (nSPS) is 32.0. The molecule has 7 nitrogen and oxygen atoms in total. The molecule has 0 saturated carbocycles. The van der Waals surface area contributed by atoms with E-state index in [0.717, 1.165) is 6.42 Å². The number of carboxylic acid groups (broad SMARTS) is 1. The first-order valence-electron chi connectivity index (χ1n) is 8.13. The highest BCUT2D eigenvalue weighted by molar-refractivity contribution is 5.99. The lowest BCUT2D eigenvalue weighted by atomic mass is 9.93. The molecule has 0 bridgehead atoms. The number of hydrogen-bond donors (Lipinski definition) is 2. The highest BCUT2D eigenvalue weighted by Crippen LogP contribution is 2.45. The van der Waals surface area contributed by atoms with Crippen LogP contribution in [0.25, 0.3) is 0 Å². The van der Waals surface area contributed by atoms with Crippen LogP contribution in [0.3, 0.4) is 0 Å². The van der Waals surface area contributed by atoms with Crippen molar-refractivity contribution >= 4 is 17.8 Å². The first kappa shape index (κ1) is 15.0. The van der Waals surface area contributed by atoms with Crippen LogP contribution in [0.4, 0.5) is 0 Å². The number of carbonyl (C=O) groups is 3. The summed E-state index contributed by atoms with van der Waals surface area (Å²) < 4.78 is 0. The minimum Gasteiger partial charge on any atom is -0.508 e. The third kappa shape index (κ3) is 2.00. The van der Waals surface area contributed by atoms with E-state index in [2.05, 4.69) is 0 Å². The second-order valence-electron chi connectivity index (χ2n) is 6.67. The molecule has 3 aliphatic heterocycles. The molecule has 0 aliphatic carbocycles. The number of phenols is 1. The Bertz CT molecular complexity index is 716. The number of amides is 2. The molecule has 2 amide bonds. The topological polar surface area (TPSA) is 98.2 Å². The van der Waals surface area contributed by atoms with Gasteiger partial charge in [0.05, 0.1) is 12.0 Å². The zero-order chi connectivity index (χ0) is 17.0. The van der Waals surface area contributed by atoms with Crippen LogP contribution in [0, 0.1) is 5.92 Å². The van der Waals surface area contributed by atoms with Crippen molar-refractivity contribution in [2.75, 3.05) is 6.54 Å². The van der Waals surface area contributed by atoms with Gasteiger partial charge in [-0.15, -0.1) is 0 Å². The van der Waals surface area contributed by atoms with Crippen molar-refractivity contribution in [2.24, 2.45) is 5.92 Å². The number of benzene rings is 1.